The summed E-state index contributed by atoms with van der Waals surface area (Å²) in [5.41, 5.74) is 1.76. The lowest BCUT2D eigenvalue weighted by atomic mass is 9.97. The first-order chi connectivity index (χ1) is 16.4. The zero-order valence-corrected chi connectivity index (χ0v) is 19.6. The fourth-order valence-corrected chi connectivity index (χ4v) is 5.49. The third-order valence-electron chi connectivity index (χ3n) is 5.86. The smallest absolute Gasteiger partial charge is 0.338 e. The van der Waals surface area contributed by atoms with Crippen LogP contribution in [0.5, 0.6) is 0 Å². The van der Waals surface area contributed by atoms with Crippen molar-refractivity contribution in [2.24, 2.45) is 5.92 Å². The molecule has 1 N–H and O–H groups in total. The normalized spacial score (nSPS) is 15.1. The van der Waals surface area contributed by atoms with Gasteiger partial charge in [0.2, 0.25) is 15.9 Å². The van der Waals surface area contributed by atoms with Crippen molar-refractivity contribution in [2.75, 3.05) is 25.5 Å². The average molecular weight is 483 g/mol. The van der Waals surface area contributed by atoms with Crippen LogP contribution in [0.4, 0.5) is 5.69 Å². The number of esters is 1. The molecule has 1 aliphatic rings. The van der Waals surface area contributed by atoms with Crippen LogP contribution in [0.25, 0.3) is 0 Å². The van der Waals surface area contributed by atoms with Crippen LogP contribution in [0.1, 0.15) is 28.8 Å². The van der Waals surface area contributed by atoms with Crippen LogP contribution >= 0.6 is 0 Å². The van der Waals surface area contributed by atoms with Crippen LogP contribution in [-0.2, 0) is 26.1 Å². The SMILES string of the molecule is COC(=O)c1ccccc1Cn1cc(NC(=O)C2CCN(S(=O)(=O)c3ccccc3)CC2)cn1. The summed E-state index contributed by atoms with van der Waals surface area (Å²) in [5.74, 6) is -0.867. The molecular formula is C24H26N4O5S. The predicted octanol–water partition coefficient (Wildman–Crippen LogP) is 2.76. The summed E-state index contributed by atoms with van der Waals surface area (Å²) in [6.45, 7) is 0.925. The highest BCUT2D eigenvalue weighted by Crippen LogP contribution is 2.25. The molecular weight excluding hydrogens is 456 g/mol. The van der Waals surface area contributed by atoms with Gasteiger partial charge in [-0.25, -0.2) is 13.2 Å². The number of sulfonamides is 1. The maximum atomic E-state index is 12.8. The lowest BCUT2D eigenvalue weighted by Gasteiger charge is -2.30. The van der Waals surface area contributed by atoms with Crippen LogP contribution in [0.15, 0.2) is 71.9 Å². The molecule has 0 radical (unpaired) electrons. The first-order valence-electron chi connectivity index (χ1n) is 10.9. The molecule has 0 saturated carbocycles. The largest absolute Gasteiger partial charge is 0.465 e. The van der Waals surface area contributed by atoms with E-state index in [4.69, 9.17) is 4.74 Å². The number of amides is 1. The Morgan fingerprint density at radius 1 is 1.06 bits per heavy atom. The highest BCUT2D eigenvalue weighted by atomic mass is 32.2. The number of hydrogen-bond donors (Lipinski definition) is 1. The molecule has 2 heterocycles. The van der Waals surface area contributed by atoms with E-state index in [0.717, 1.165) is 5.56 Å². The van der Waals surface area contributed by atoms with E-state index >= 15 is 0 Å². The van der Waals surface area contributed by atoms with Gasteiger partial charge in [0.1, 0.15) is 0 Å². The number of ether oxygens (including phenoxy) is 1. The van der Waals surface area contributed by atoms with Crippen LogP contribution in [-0.4, -0.2) is 54.6 Å². The van der Waals surface area contributed by atoms with Gasteiger partial charge >= 0.3 is 5.97 Å². The van der Waals surface area contributed by atoms with Gasteiger partial charge in [-0.2, -0.15) is 9.40 Å². The molecule has 1 aliphatic heterocycles. The van der Waals surface area contributed by atoms with E-state index in [-0.39, 0.29) is 16.7 Å². The summed E-state index contributed by atoms with van der Waals surface area (Å²) >= 11 is 0. The highest BCUT2D eigenvalue weighted by Gasteiger charge is 2.32. The lowest BCUT2D eigenvalue weighted by molar-refractivity contribution is -0.120. The molecule has 178 valence electrons. The minimum Gasteiger partial charge on any atom is -0.465 e. The number of piperidine rings is 1. The number of nitrogens with one attached hydrogen (secondary N) is 1. The Morgan fingerprint density at radius 2 is 1.74 bits per heavy atom. The van der Waals surface area contributed by atoms with Crippen LogP contribution in [0.2, 0.25) is 0 Å². The molecule has 0 unspecified atom stereocenters. The van der Waals surface area contributed by atoms with Gasteiger partial charge in [-0.05, 0) is 36.6 Å². The number of anilines is 1. The number of nitrogens with zero attached hydrogens (tertiary/aromatic N) is 3. The lowest BCUT2D eigenvalue weighted by Crippen LogP contribution is -2.41. The number of carbonyl (C=O) groups excluding carboxylic acids is 2. The highest BCUT2D eigenvalue weighted by molar-refractivity contribution is 7.89. The first kappa shape index (κ1) is 23.7. The number of hydrogen-bond acceptors (Lipinski definition) is 6. The molecule has 0 aliphatic carbocycles. The van der Waals surface area contributed by atoms with Crippen molar-refractivity contribution in [1.29, 1.82) is 0 Å². The minimum absolute atomic E-state index is 0.161. The molecule has 0 atom stereocenters. The Hall–Kier alpha value is -3.50. The number of benzene rings is 2. The molecule has 3 aromatic rings. The third kappa shape index (κ3) is 5.18. The Kier molecular flexibility index (Phi) is 7.09. The van der Waals surface area contributed by atoms with Crippen molar-refractivity contribution in [3.63, 3.8) is 0 Å². The molecule has 2 aromatic carbocycles. The molecule has 1 fully saturated rings. The van der Waals surface area contributed by atoms with Crippen molar-refractivity contribution in [3.8, 4) is 0 Å². The number of carbonyl (C=O) groups is 2. The van der Waals surface area contributed by atoms with Crippen molar-refractivity contribution >= 4 is 27.6 Å². The van der Waals surface area contributed by atoms with E-state index in [0.29, 0.717) is 43.7 Å². The topological polar surface area (TPSA) is 111 Å². The number of aromatic nitrogens is 2. The van der Waals surface area contributed by atoms with Crippen LogP contribution in [0, 0.1) is 5.92 Å². The Labute approximate surface area is 198 Å². The second kappa shape index (κ2) is 10.2. The molecule has 1 aromatic heterocycles. The van der Waals surface area contributed by atoms with E-state index < -0.39 is 16.0 Å². The van der Waals surface area contributed by atoms with Gasteiger partial charge in [0.25, 0.3) is 0 Å². The molecule has 4 rings (SSSR count). The molecule has 0 spiro atoms. The zero-order valence-electron chi connectivity index (χ0n) is 18.8. The van der Waals surface area contributed by atoms with E-state index in [1.165, 1.54) is 11.4 Å². The molecule has 1 saturated heterocycles. The number of methoxy groups -OCH3 is 1. The second-order valence-corrected chi connectivity index (χ2v) is 9.99. The standard InChI is InChI=1S/C24H26N4O5S/c1-33-24(30)22-10-6-5-7-19(22)16-27-17-20(15-25-27)26-23(29)18-11-13-28(14-12-18)34(31,32)21-8-3-2-4-9-21/h2-10,15,17-18H,11-14,16H2,1H3,(H,26,29). The Bertz CT molecular complexity index is 1270. The van der Waals surface area contributed by atoms with Gasteiger partial charge in [0, 0.05) is 25.2 Å². The Balaban J connectivity index is 1.34. The van der Waals surface area contributed by atoms with Gasteiger partial charge in [-0.1, -0.05) is 36.4 Å². The van der Waals surface area contributed by atoms with Crippen molar-refractivity contribution in [3.05, 3.63) is 78.1 Å². The van der Waals surface area contributed by atoms with Gasteiger partial charge in [0.15, 0.2) is 0 Å². The van der Waals surface area contributed by atoms with Crippen molar-refractivity contribution in [2.45, 2.75) is 24.3 Å². The summed E-state index contributed by atoms with van der Waals surface area (Å²) in [5, 5.41) is 7.15. The molecule has 34 heavy (non-hydrogen) atoms. The molecule has 0 bridgehead atoms. The summed E-state index contributed by atoms with van der Waals surface area (Å²) in [7, 11) is -2.22. The summed E-state index contributed by atoms with van der Waals surface area (Å²) in [4.78, 5) is 25.0. The summed E-state index contributed by atoms with van der Waals surface area (Å²) in [6, 6.07) is 15.4. The van der Waals surface area contributed by atoms with E-state index in [2.05, 4.69) is 10.4 Å². The van der Waals surface area contributed by atoms with Crippen LogP contribution < -0.4 is 5.32 Å². The maximum Gasteiger partial charge on any atom is 0.338 e. The number of rotatable bonds is 7. The Morgan fingerprint density at radius 3 is 2.44 bits per heavy atom. The third-order valence-corrected chi connectivity index (χ3v) is 7.77. The van der Waals surface area contributed by atoms with E-state index in [1.54, 1.807) is 59.5 Å². The van der Waals surface area contributed by atoms with E-state index in [9.17, 15) is 18.0 Å². The maximum absolute atomic E-state index is 12.8. The molecule has 9 nitrogen and oxygen atoms in total. The monoisotopic (exact) mass is 482 g/mol. The van der Waals surface area contributed by atoms with Gasteiger partial charge in [0.05, 0.1) is 36.0 Å². The zero-order chi connectivity index (χ0) is 24.1. The first-order valence-corrected chi connectivity index (χ1v) is 12.4. The molecule has 1 amide bonds. The van der Waals surface area contributed by atoms with Gasteiger partial charge in [-0.3, -0.25) is 9.48 Å². The van der Waals surface area contributed by atoms with Crippen LogP contribution in [0.3, 0.4) is 0 Å². The average Bonchev–Trinajstić information content (AvgIpc) is 3.31. The predicted molar refractivity (Wildman–Crippen MR) is 126 cm³/mol. The van der Waals surface area contributed by atoms with Crippen molar-refractivity contribution < 1.29 is 22.7 Å². The fraction of sp³-hybridized carbons (Fsp3) is 0.292. The molecule has 10 heteroatoms. The summed E-state index contributed by atoms with van der Waals surface area (Å²) < 4.78 is 33.4. The fourth-order valence-electron chi connectivity index (χ4n) is 4.00. The van der Waals surface area contributed by atoms with E-state index in [1.807, 2.05) is 12.1 Å². The van der Waals surface area contributed by atoms with Gasteiger partial charge in [-0.15, -0.1) is 0 Å². The summed E-state index contributed by atoms with van der Waals surface area (Å²) in [6.07, 6.45) is 4.13. The minimum atomic E-state index is -3.55. The van der Waals surface area contributed by atoms with Crippen molar-refractivity contribution in [1.82, 2.24) is 14.1 Å². The second-order valence-electron chi connectivity index (χ2n) is 8.06. The van der Waals surface area contributed by atoms with Gasteiger partial charge < -0.3 is 10.1 Å². The quantitative estimate of drug-likeness (QED) is 0.519.